The van der Waals surface area contributed by atoms with Gasteiger partial charge < -0.3 is 48.9 Å². The van der Waals surface area contributed by atoms with Gasteiger partial charge in [-0.1, -0.05) is 13.8 Å². The van der Waals surface area contributed by atoms with Gasteiger partial charge in [0.05, 0.1) is 24.7 Å². The second kappa shape index (κ2) is 13.9. The van der Waals surface area contributed by atoms with Crippen molar-refractivity contribution in [3.8, 4) is 0 Å². The van der Waals surface area contributed by atoms with Crippen LogP contribution in [0.1, 0.15) is 52.9 Å². The summed E-state index contributed by atoms with van der Waals surface area (Å²) in [5.41, 5.74) is 21.3. The summed E-state index contributed by atoms with van der Waals surface area (Å²) in [6.07, 6.45) is -0.398. The first-order valence-corrected chi connectivity index (χ1v) is 13.1. The van der Waals surface area contributed by atoms with Crippen molar-refractivity contribution in [1.29, 1.82) is 5.41 Å². The maximum Gasteiger partial charge on any atom is 0.489 e. The van der Waals surface area contributed by atoms with Crippen molar-refractivity contribution < 1.29 is 38.0 Å². The fourth-order valence-corrected chi connectivity index (χ4v) is 5.53. The minimum atomic E-state index is -4.49. The third-order valence-corrected chi connectivity index (χ3v) is 7.26. The number of alkyl halides is 2. The average molecular weight is 576 g/mol. The molecular formula is C23H43BF2N8O6. The summed E-state index contributed by atoms with van der Waals surface area (Å²) in [6, 6.07) is -5.04. The molecule has 0 aliphatic carbocycles. The highest BCUT2D eigenvalue weighted by Gasteiger charge is 2.86. The molecule has 17 heteroatoms. The van der Waals surface area contributed by atoms with Crippen molar-refractivity contribution in [3.63, 3.8) is 0 Å². The lowest BCUT2D eigenvalue weighted by Gasteiger charge is -2.47. The molecule has 1 rings (SSSR count). The molecule has 0 aromatic rings. The number of carbonyl (C=O) groups is 4. The first-order valence-electron chi connectivity index (χ1n) is 13.1. The SMILES string of the molecule is CC(=O)C1(C(=O)C(N)CCCN)C(F)(F)CN(C(=O)C(N)CCCNC(=N)N)C1(B(O)O)C(=O)C(N)CC(C)C. The highest BCUT2D eigenvalue weighted by atomic mass is 19.3. The Bertz CT molecular complexity index is 974. The van der Waals surface area contributed by atoms with Crippen LogP contribution in [0.4, 0.5) is 8.78 Å². The minimum Gasteiger partial charge on any atom is -0.425 e. The Labute approximate surface area is 232 Å². The molecule has 0 bridgehead atoms. The zero-order valence-electron chi connectivity index (χ0n) is 23.2. The maximum absolute atomic E-state index is 16.2. The zero-order chi connectivity index (χ0) is 31.2. The molecular weight excluding hydrogens is 533 g/mol. The molecule has 14 nitrogen and oxygen atoms in total. The molecule has 40 heavy (non-hydrogen) atoms. The zero-order valence-corrected chi connectivity index (χ0v) is 23.2. The van der Waals surface area contributed by atoms with Gasteiger partial charge in [-0.2, -0.15) is 0 Å². The van der Waals surface area contributed by atoms with E-state index in [1.165, 1.54) is 0 Å². The van der Waals surface area contributed by atoms with Crippen molar-refractivity contribution in [3.05, 3.63) is 0 Å². The molecule has 0 radical (unpaired) electrons. The van der Waals surface area contributed by atoms with Crippen LogP contribution >= 0.6 is 0 Å². The molecule has 1 heterocycles. The van der Waals surface area contributed by atoms with Crippen LogP contribution in [0, 0.1) is 16.7 Å². The van der Waals surface area contributed by atoms with E-state index in [-0.39, 0.29) is 62.0 Å². The summed E-state index contributed by atoms with van der Waals surface area (Å²) in [5.74, 6) is -11.2. The van der Waals surface area contributed by atoms with Gasteiger partial charge in [-0.3, -0.25) is 24.6 Å². The Hall–Kier alpha value is -2.57. The van der Waals surface area contributed by atoms with Crippen molar-refractivity contribution in [2.45, 2.75) is 82.4 Å². The van der Waals surface area contributed by atoms with Crippen molar-refractivity contribution >= 4 is 36.3 Å². The number of nitrogens with one attached hydrogen (secondary N) is 2. The van der Waals surface area contributed by atoms with E-state index in [0.717, 1.165) is 0 Å². The highest BCUT2D eigenvalue weighted by Crippen LogP contribution is 2.58. The lowest BCUT2D eigenvalue weighted by molar-refractivity contribution is -0.171. The van der Waals surface area contributed by atoms with Gasteiger partial charge in [-0.05, 0) is 51.5 Å². The lowest BCUT2D eigenvalue weighted by atomic mass is 9.44. The van der Waals surface area contributed by atoms with E-state index in [1.54, 1.807) is 13.8 Å². The molecule has 1 aliphatic rings. The third-order valence-electron chi connectivity index (χ3n) is 7.26. The molecule has 1 amide bonds. The summed E-state index contributed by atoms with van der Waals surface area (Å²) in [7, 11) is -3.16. The van der Waals surface area contributed by atoms with E-state index in [9.17, 15) is 29.2 Å². The molecule has 14 N–H and O–H groups in total. The van der Waals surface area contributed by atoms with Gasteiger partial charge in [0.15, 0.2) is 34.2 Å². The van der Waals surface area contributed by atoms with Crippen LogP contribution in [-0.4, -0.2) is 100 Å². The Morgan fingerprint density at radius 1 is 1.02 bits per heavy atom. The summed E-state index contributed by atoms with van der Waals surface area (Å²) >= 11 is 0. The standard InChI is InChI=1S/C23H43BF2N8O6/c1-12(2)10-16(30)18(37)23(24(39)40)22(13(3)35,17(36)14(28)6-4-8-27)21(25,26)11-34(23)19(38)15(29)7-5-9-33-20(31)32/h12,14-16,39-40H,4-11,27-30H2,1-3H3,(H4,31,32,33). The van der Waals surface area contributed by atoms with Gasteiger partial charge in [0.25, 0.3) is 5.92 Å². The van der Waals surface area contributed by atoms with Gasteiger partial charge in [-0.15, -0.1) is 0 Å². The quantitative estimate of drug-likeness (QED) is 0.0291. The number of hydrogen-bond acceptors (Lipinski definition) is 11. The van der Waals surface area contributed by atoms with Crippen LogP contribution in [0.25, 0.3) is 0 Å². The fourth-order valence-electron chi connectivity index (χ4n) is 5.53. The van der Waals surface area contributed by atoms with Crippen molar-refractivity contribution in [2.75, 3.05) is 19.6 Å². The summed E-state index contributed by atoms with van der Waals surface area (Å²) < 4.78 is 32.5. The number of halogens is 2. The topological polar surface area (TPSA) is 278 Å². The number of nitrogens with two attached hydrogens (primary N) is 5. The molecule has 0 aromatic heterocycles. The number of hydrogen-bond donors (Lipinski definition) is 9. The van der Waals surface area contributed by atoms with E-state index < -0.39 is 71.8 Å². The lowest BCUT2D eigenvalue weighted by Crippen LogP contribution is -2.79. The number of carbonyl (C=O) groups excluding carboxylic acids is 4. The largest absolute Gasteiger partial charge is 0.489 e. The summed E-state index contributed by atoms with van der Waals surface area (Å²) in [5, 5.41) is 31.2. The molecule has 0 spiro atoms. The first kappa shape index (κ1) is 35.5. The number of guanidine groups is 1. The molecule has 1 fully saturated rings. The Morgan fingerprint density at radius 3 is 2.02 bits per heavy atom. The van der Waals surface area contributed by atoms with Crippen LogP contribution in [0.2, 0.25) is 0 Å². The average Bonchev–Trinajstić information content (AvgIpc) is 3.07. The third kappa shape index (κ3) is 6.34. The van der Waals surface area contributed by atoms with Crippen LogP contribution in [-0.2, 0) is 19.2 Å². The van der Waals surface area contributed by atoms with E-state index in [4.69, 9.17) is 34.1 Å². The van der Waals surface area contributed by atoms with Gasteiger partial charge in [0.1, 0.15) is 0 Å². The molecule has 5 unspecified atom stereocenters. The van der Waals surface area contributed by atoms with E-state index in [2.05, 4.69) is 5.32 Å². The second-order valence-corrected chi connectivity index (χ2v) is 10.7. The van der Waals surface area contributed by atoms with Gasteiger partial charge in [0, 0.05) is 6.54 Å². The predicted molar refractivity (Wildman–Crippen MR) is 144 cm³/mol. The summed E-state index contributed by atoms with van der Waals surface area (Å²) in [4.78, 5) is 54.9. The number of nitrogens with zero attached hydrogens (tertiary/aromatic N) is 1. The number of rotatable bonds is 16. The molecule has 0 aromatic carbocycles. The Balaban J connectivity index is 3.96. The van der Waals surface area contributed by atoms with Crippen molar-refractivity contribution in [2.24, 2.45) is 40.0 Å². The number of ketones is 3. The second-order valence-electron chi connectivity index (χ2n) is 10.7. The smallest absolute Gasteiger partial charge is 0.425 e. The number of amides is 1. The van der Waals surface area contributed by atoms with Crippen LogP contribution in [0.15, 0.2) is 0 Å². The van der Waals surface area contributed by atoms with Gasteiger partial charge >= 0.3 is 7.12 Å². The molecule has 1 aliphatic heterocycles. The Kier molecular flexibility index (Phi) is 12.3. The van der Waals surface area contributed by atoms with E-state index >= 15 is 8.78 Å². The van der Waals surface area contributed by atoms with Crippen molar-refractivity contribution in [1.82, 2.24) is 10.2 Å². The number of Topliss-reactive ketones (excluding diaryl/α,β-unsaturated/α-hetero) is 3. The molecule has 1 saturated heterocycles. The predicted octanol–water partition coefficient (Wildman–Crippen LogP) is -3.04. The summed E-state index contributed by atoms with van der Waals surface area (Å²) in [6.45, 7) is 2.30. The van der Waals surface area contributed by atoms with Crippen LogP contribution < -0.4 is 34.0 Å². The van der Waals surface area contributed by atoms with Crippen LogP contribution in [0.3, 0.4) is 0 Å². The normalized spacial score (nSPS) is 24.4. The van der Waals surface area contributed by atoms with E-state index in [1.807, 2.05) is 0 Å². The minimum absolute atomic E-state index is 0.0222. The fraction of sp³-hybridized carbons (Fsp3) is 0.783. The first-order chi connectivity index (χ1) is 18.4. The van der Waals surface area contributed by atoms with Gasteiger partial charge in [-0.25, -0.2) is 8.78 Å². The molecule has 228 valence electrons. The number of likely N-dealkylation sites (tertiary alicyclic amines) is 1. The van der Waals surface area contributed by atoms with Crippen LogP contribution in [0.5, 0.6) is 0 Å². The highest BCUT2D eigenvalue weighted by molar-refractivity contribution is 6.56. The maximum atomic E-state index is 16.2. The monoisotopic (exact) mass is 576 g/mol. The molecule has 5 atom stereocenters. The Morgan fingerprint density at radius 2 is 1.57 bits per heavy atom. The molecule has 0 saturated carbocycles. The van der Waals surface area contributed by atoms with E-state index in [0.29, 0.717) is 6.92 Å². The van der Waals surface area contributed by atoms with Gasteiger partial charge in [0.2, 0.25) is 5.91 Å².